The number of urea groups is 1. The Balaban J connectivity index is 1.58. The summed E-state index contributed by atoms with van der Waals surface area (Å²) in [6.45, 7) is 3.25. The zero-order valence-corrected chi connectivity index (χ0v) is 13.7. The molecule has 4 heteroatoms. The number of amides is 2. The van der Waals surface area contributed by atoms with Crippen LogP contribution < -0.4 is 10.6 Å². The molecule has 3 aromatic rings. The van der Waals surface area contributed by atoms with Crippen LogP contribution in [0.25, 0.3) is 0 Å². The molecule has 0 unspecified atom stereocenters. The van der Waals surface area contributed by atoms with E-state index in [1.54, 1.807) is 0 Å². The van der Waals surface area contributed by atoms with Gasteiger partial charge in [0.2, 0.25) is 0 Å². The number of benzene rings is 2. The summed E-state index contributed by atoms with van der Waals surface area (Å²) in [7, 11) is 0. The second-order valence-corrected chi connectivity index (χ2v) is 5.74. The zero-order valence-electron chi connectivity index (χ0n) is 13.7. The van der Waals surface area contributed by atoms with Gasteiger partial charge in [0.25, 0.3) is 0 Å². The summed E-state index contributed by atoms with van der Waals surface area (Å²) >= 11 is 0. The third-order valence-corrected chi connectivity index (χ3v) is 3.94. The van der Waals surface area contributed by atoms with E-state index in [0.29, 0.717) is 6.54 Å². The molecule has 0 aliphatic carbocycles. The Morgan fingerprint density at radius 2 is 1.71 bits per heavy atom. The van der Waals surface area contributed by atoms with Gasteiger partial charge in [-0.15, -0.1) is 0 Å². The molecular formula is C20H21N3O. The molecule has 122 valence electrons. The van der Waals surface area contributed by atoms with Gasteiger partial charge < -0.3 is 15.2 Å². The summed E-state index contributed by atoms with van der Waals surface area (Å²) in [5.41, 5.74) is 4.17. The van der Waals surface area contributed by atoms with Crippen molar-refractivity contribution in [3.63, 3.8) is 0 Å². The van der Waals surface area contributed by atoms with Crippen LogP contribution >= 0.6 is 0 Å². The van der Waals surface area contributed by atoms with Gasteiger partial charge >= 0.3 is 6.03 Å². The molecule has 4 nitrogen and oxygen atoms in total. The number of para-hydroxylation sites is 1. The number of aryl methyl sites for hydroxylation is 1. The molecule has 1 heterocycles. The maximum absolute atomic E-state index is 12.1. The van der Waals surface area contributed by atoms with Gasteiger partial charge in [-0.25, -0.2) is 4.79 Å². The highest BCUT2D eigenvalue weighted by Gasteiger charge is 2.06. The topological polar surface area (TPSA) is 46.1 Å². The van der Waals surface area contributed by atoms with Crippen LogP contribution in [0.1, 0.15) is 16.8 Å². The van der Waals surface area contributed by atoms with Gasteiger partial charge in [0.15, 0.2) is 0 Å². The van der Waals surface area contributed by atoms with E-state index in [9.17, 15) is 4.79 Å². The number of hydrogen-bond acceptors (Lipinski definition) is 1. The molecule has 0 atom stereocenters. The Morgan fingerprint density at radius 1 is 0.958 bits per heavy atom. The monoisotopic (exact) mass is 319 g/mol. The second kappa shape index (κ2) is 7.51. The number of anilines is 1. The van der Waals surface area contributed by atoms with E-state index < -0.39 is 0 Å². The van der Waals surface area contributed by atoms with Crippen molar-refractivity contribution in [2.45, 2.75) is 20.0 Å². The first-order chi connectivity index (χ1) is 11.7. The first-order valence-corrected chi connectivity index (χ1v) is 8.01. The number of nitrogens with one attached hydrogen (secondary N) is 2. The molecule has 3 rings (SSSR count). The molecule has 2 aromatic carbocycles. The molecule has 0 saturated carbocycles. The van der Waals surface area contributed by atoms with Crippen molar-refractivity contribution in [2.75, 3.05) is 5.32 Å². The van der Waals surface area contributed by atoms with Crippen LogP contribution in [0.15, 0.2) is 72.9 Å². The van der Waals surface area contributed by atoms with Crippen molar-refractivity contribution in [2.24, 2.45) is 0 Å². The third-order valence-electron chi connectivity index (χ3n) is 3.94. The zero-order chi connectivity index (χ0) is 16.8. The second-order valence-electron chi connectivity index (χ2n) is 5.74. The van der Waals surface area contributed by atoms with Crippen LogP contribution in [0, 0.1) is 6.92 Å². The molecule has 2 N–H and O–H groups in total. The van der Waals surface area contributed by atoms with Crippen LogP contribution in [0.2, 0.25) is 0 Å². The predicted octanol–water partition coefficient (Wildman–Crippen LogP) is 4.17. The fraction of sp³-hybridized carbons (Fsp3) is 0.150. The van der Waals surface area contributed by atoms with E-state index in [1.807, 2.05) is 67.7 Å². The number of aromatic nitrogens is 1. The average molecular weight is 319 g/mol. The van der Waals surface area contributed by atoms with Crippen LogP contribution in [-0.2, 0) is 13.1 Å². The highest BCUT2D eigenvalue weighted by Crippen LogP contribution is 2.13. The summed E-state index contributed by atoms with van der Waals surface area (Å²) in [5.74, 6) is 0. The van der Waals surface area contributed by atoms with Crippen molar-refractivity contribution in [3.8, 4) is 0 Å². The van der Waals surface area contributed by atoms with Gasteiger partial charge in [0, 0.05) is 24.1 Å². The lowest BCUT2D eigenvalue weighted by atomic mass is 10.2. The molecule has 24 heavy (non-hydrogen) atoms. The Kier molecular flexibility index (Phi) is 4.96. The maximum atomic E-state index is 12.1. The lowest BCUT2D eigenvalue weighted by molar-refractivity contribution is 0.251. The van der Waals surface area contributed by atoms with Crippen LogP contribution in [-0.4, -0.2) is 10.6 Å². The molecular weight excluding hydrogens is 298 g/mol. The molecule has 0 spiro atoms. The minimum absolute atomic E-state index is 0.197. The van der Waals surface area contributed by atoms with Gasteiger partial charge in [-0.3, -0.25) is 0 Å². The minimum Gasteiger partial charge on any atom is -0.345 e. The lowest BCUT2D eigenvalue weighted by Gasteiger charge is -2.12. The fourth-order valence-corrected chi connectivity index (χ4v) is 2.59. The van der Waals surface area contributed by atoms with Gasteiger partial charge in [-0.2, -0.15) is 0 Å². The fourth-order valence-electron chi connectivity index (χ4n) is 2.59. The molecule has 2 amide bonds. The molecule has 0 bridgehead atoms. The van der Waals surface area contributed by atoms with Crippen molar-refractivity contribution in [1.29, 1.82) is 0 Å². The van der Waals surface area contributed by atoms with Crippen LogP contribution in [0.3, 0.4) is 0 Å². The maximum Gasteiger partial charge on any atom is 0.319 e. The largest absolute Gasteiger partial charge is 0.345 e. The summed E-state index contributed by atoms with van der Waals surface area (Å²) in [5, 5.41) is 5.80. The molecule has 0 aliphatic heterocycles. The molecule has 0 radical (unpaired) electrons. The predicted molar refractivity (Wildman–Crippen MR) is 97.0 cm³/mol. The Morgan fingerprint density at radius 3 is 2.50 bits per heavy atom. The summed E-state index contributed by atoms with van der Waals surface area (Å²) in [4.78, 5) is 12.1. The van der Waals surface area contributed by atoms with Gasteiger partial charge in [0.1, 0.15) is 0 Å². The van der Waals surface area contributed by atoms with Crippen LogP contribution in [0.4, 0.5) is 10.5 Å². The van der Waals surface area contributed by atoms with E-state index in [4.69, 9.17) is 0 Å². The van der Waals surface area contributed by atoms with E-state index in [-0.39, 0.29) is 6.03 Å². The van der Waals surface area contributed by atoms with Crippen molar-refractivity contribution in [1.82, 2.24) is 9.88 Å². The summed E-state index contributed by atoms with van der Waals surface area (Å²) in [6.07, 6.45) is 2.03. The number of nitrogens with zero attached hydrogens (tertiary/aromatic N) is 1. The lowest BCUT2D eigenvalue weighted by Crippen LogP contribution is -2.29. The third kappa shape index (κ3) is 4.04. The molecule has 1 aromatic heterocycles. The Bertz CT molecular complexity index is 809. The van der Waals surface area contributed by atoms with E-state index in [2.05, 4.69) is 27.3 Å². The standard InChI is InChI=1S/C20H21N3O/c1-16-8-5-6-12-19(16)22-20(24)21-14-18-11-7-13-23(18)15-17-9-3-2-4-10-17/h2-13H,14-15H2,1H3,(H2,21,22,24). The van der Waals surface area contributed by atoms with E-state index >= 15 is 0 Å². The van der Waals surface area contributed by atoms with E-state index in [0.717, 1.165) is 23.5 Å². The average Bonchev–Trinajstić information content (AvgIpc) is 3.03. The SMILES string of the molecule is Cc1ccccc1NC(=O)NCc1cccn1Cc1ccccc1. The van der Waals surface area contributed by atoms with Gasteiger partial charge in [0.05, 0.1) is 6.54 Å². The van der Waals surface area contributed by atoms with Crippen molar-refractivity contribution < 1.29 is 4.79 Å². The quantitative estimate of drug-likeness (QED) is 0.728. The van der Waals surface area contributed by atoms with Crippen LogP contribution in [0.5, 0.6) is 0 Å². The van der Waals surface area contributed by atoms with Crippen molar-refractivity contribution in [3.05, 3.63) is 89.7 Å². The van der Waals surface area contributed by atoms with Crippen molar-refractivity contribution >= 4 is 11.7 Å². The van der Waals surface area contributed by atoms with E-state index in [1.165, 1.54) is 5.56 Å². The summed E-state index contributed by atoms with van der Waals surface area (Å²) < 4.78 is 2.14. The highest BCUT2D eigenvalue weighted by atomic mass is 16.2. The molecule has 0 saturated heterocycles. The number of hydrogen-bond donors (Lipinski definition) is 2. The number of carbonyl (C=O) groups is 1. The van der Waals surface area contributed by atoms with Gasteiger partial charge in [-0.1, -0.05) is 48.5 Å². The number of carbonyl (C=O) groups excluding carboxylic acids is 1. The van der Waals surface area contributed by atoms with Gasteiger partial charge in [-0.05, 0) is 36.2 Å². The molecule has 0 aliphatic rings. The Labute approximate surface area is 142 Å². The smallest absolute Gasteiger partial charge is 0.319 e. The number of rotatable bonds is 5. The Hall–Kier alpha value is -3.01. The first kappa shape index (κ1) is 15.9. The highest BCUT2D eigenvalue weighted by molar-refractivity contribution is 5.89. The first-order valence-electron chi connectivity index (χ1n) is 8.01. The summed E-state index contributed by atoms with van der Waals surface area (Å²) in [6, 6.07) is 21.8. The molecule has 0 fully saturated rings. The minimum atomic E-state index is -0.197. The normalized spacial score (nSPS) is 10.4.